The molecule has 43 heavy (non-hydrogen) atoms. The molecule has 2 aliphatic rings. The van der Waals surface area contributed by atoms with E-state index in [9.17, 15) is 14.0 Å². The zero-order chi connectivity index (χ0) is 29.8. The summed E-state index contributed by atoms with van der Waals surface area (Å²) in [5, 5.41) is 6.57. The Hall–Kier alpha value is -4.68. The van der Waals surface area contributed by atoms with Crippen LogP contribution >= 0.6 is 0 Å². The summed E-state index contributed by atoms with van der Waals surface area (Å²) >= 11 is 0. The van der Waals surface area contributed by atoms with Gasteiger partial charge in [0.2, 0.25) is 0 Å². The number of nitrogens with one attached hydrogen (secondary N) is 3. The predicted molar refractivity (Wildman–Crippen MR) is 161 cm³/mol. The molecule has 0 radical (unpaired) electrons. The number of carbonyl (C=O) groups excluding carboxylic acids is 2. The van der Waals surface area contributed by atoms with Crippen molar-refractivity contribution in [1.29, 1.82) is 0 Å². The maximum absolute atomic E-state index is 13.1. The lowest BCUT2D eigenvalue weighted by atomic mass is 10.0. The summed E-state index contributed by atoms with van der Waals surface area (Å²) in [5.74, 6) is -1.17. The molecule has 0 bridgehead atoms. The van der Waals surface area contributed by atoms with Gasteiger partial charge in [0.05, 0.1) is 18.6 Å². The van der Waals surface area contributed by atoms with Crippen LogP contribution in [0.4, 0.5) is 15.9 Å². The van der Waals surface area contributed by atoms with Gasteiger partial charge in [-0.15, -0.1) is 0 Å². The van der Waals surface area contributed by atoms with Gasteiger partial charge in [0.25, 0.3) is 11.8 Å². The molecule has 0 unspecified atom stereocenters. The standard InChI is InChI=1S/C31H33FN8O3/c1-20(32)30(41)37-24-3-2-10-39(18-24)17-21-8-9-33-27(15-21)31(42)36-23-6-4-22(5-7-23)26-16-25-28(38-26)34-19-35-29(25)40-11-13-43-14-12-40/h4-9,15-16,19,24H,1-3,10-14,17-18H2,(H,36,42)(H,37,41)(H,34,35,38)/t24-/m1/s1. The molecule has 2 saturated heterocycles. The molecule has 0 aliphatic carbocycles. The number of likely N-dealkylation sites (tertiary alicyclic amines) is 1. The van der Waals surface area contributed by atoms with Crippen LogP contribution in [0.2, 0.25) is 0 Å². The molecule has 222 valence electrons. The number of hydrogen-bond donors (Lipinski definition) is 3. The lowest BCUT2D eigenvalue weighted by Gasteiger charge is -2.33. The van der Waals surface area contributed by atoms with Crippen molar-refractivity contribution in [2.45, 2.75) is 25.4 Å². The number of pyridine rings is 1. The molecule has 3 aromatic heterocycles. The Labute approximate surface area is 248 Å². The normalized spacial score (nSPS) is 17.5. The van der Waals surface area contributed by atoms with Crippen molar-refractivity contribution >= 4 is 34.4 Å². The molecule has 5 heterocycles. The topological polar surface area (TPSA) is 128 Å². The van der Waals surface area contributed by atoms with Gasteiger partial charge in [-0.3, -0.25) is 19.5 Å². The maximum atomic E-state index is 13.1. The zero-order valence-electron chi connectivity index (χ0n) is 23.7. The van der Waals surface area contributed by atoms with E-state index in [1.54, 1.807) is 18.6 Å². The van der Waals surface area contributed by atoms with Crippen LogP contribution in [0.15, 0.2) is 67.4 Å². The fourth-order valence-corrected chi connectivity index (χ4v) is 5.57. The summed E-state index contributed by atoms with van der Waals surface area (Å²) < 4.78 is 18.6. The number of ether oxygens (including phenoxy) is 1. The number of benzene rings is 1. The molecular weight excluding hydrogens is 551 g/mol. The Kier molecular flexibility index (Phi) is 8.38. The van der Waals surface area contributed by atoms with Gasteiger partial charge < -0.3 is 25.3 Å². The summed E-state index contributed by atoms with van der Waals surface area (Å²) in [7, 11) is 0. The number of carbonyl (C=O) groups is 2. The van der Waals surface area contributed by atoms with Crippen LogP contribution < -0.4 is 15.5 Å². The Morgan fingerprint density at radius 2 is 1.88 bits per heavy atom. The second kappa shape index (κ2) is 12.7. The molecule has 12 heteroatoms. The predicted octanol–water partition coefficient (Wildman–Crippen LogP) is 3.67. The van der Waals surface area contributed by atoms with E-state index in [0.29, 0.717) is 37.7 Å². The Bertz CT molecular complexity index is 1630. The highest BCUT2D eigenvalue weighted by Gasteiger charge is 2.23. The summed E-state index contributed by atoms with van der Waals surface area (Å²) in [5.41, 5.74) is 4.51. The number of aromatic amines is 1. The van der Waals surface area contributed by atoms with E-state index in [0.717, 1.165) is 66.1 Å². The van der Waals surface area contributed by atoms with Crippen LogP contribution in [0.5, 0.6) is 0 Å². The smallest absolute Gasteiger partial charge is 0.279 e. The second-order valence-corrected chi connectivity index (χ2v) is 10.8. The van der Waals surface area contributed by atoms with Crippen LogP contribution in [0.1, 0.15) is 28.9 Å². The van der Waals surface area contributed by atoms with E-state index < -0.39 is 11.7 Å². The van der Waals surface area contributed by atoms with Crippen LogP contribution in [0.3, 0.4) is 0 Å². The largest absolute Gasteiger partial charge is 0.378 e. The first-order chi connectivity index (χ1) is 20.9. The Balaban J connectivity index is 1.09. The molecule has 1 atom stereocenters. The molecule has 2 amide bonds. The number of halogens is 1. The molecule has 2 fully saturated rings. The van der Waals surface area contributed by atoms with Crippen LogP contribution in [-0.2, 0) is 16.1 Å². The van der Waals surface area contributed by atoms with Gasteiger partial charge in [0.15, 0.2) is 5.83 Å². The molecule has 0 spiro atoms. The lowest BCUT2D eigenvalue weighted by molar-refractivity contribution is -0.119. The van der Waals surface area contributed by atoms with Crippen molar-refractivity contribution in [3.8, 4) is 11.3 Å². The fourth-order valence-electron chi connectivity index (χ4n) is 5.57. The average Bonchev–Trinajstić information content (AvgIpc) is 3.47. The highest BCUT2D eigenvalue weighted by molar-refractivity contribution is 6.03. The number of fused-ring (bicyclic) bond motifs is 1. The number of nitrogens with zero attached hydrogens (tertiary/aromatic N) is 5. The second-order valence-electron chi connectivity index (χ2n) is 10.8. The van der Waals surface area contributed by atoms with Crippen LogP contribution in [0, 0.1) is 0 Å². The molecule has 0 saturated carbocycles. The number of hydrogen-bond acceptors (Lipinski definition) is 8. The van der Waals surface area contributed by atoms with Gasteiger partial charge >= 0.3 is 0 Å². The molecule has 2 aliphatic heterocycles. The van der Waals surface area contributed by atoms with E-state index in [2.05, 4.69) is 53.0 Å². The molecule has 3 N–H and O–H groups in total. The Morgan fingerprint density at radius 3 is 2.67 bits per heavy atom. The SMILES string of the molecule is C=C(F)C(=O)N[C@@H]1CCCN(Cc2ccnc(C(=O)Nc3ccc(-c4cc5c(N6CCOCC6)ncnc5[nH]4)cc3)c2)C1. The van der Waals surface area contributed by atoms with Gasteiger partial charge in [-0.25, -0.2) is 14.4 Å². The van der Waals surface area contributed by atoms with Crippen molar-refractivity contribution in [3.63, 3.8) is 0 Å². The van der Waals surface area contributed by atoms with Crippen molar-refractivity contribution in [1.82, 2.24) is 30.2 Å². The van der Waals surface area contributed by atoms with E-state index in [1.807, 2.05) is 30.3 Å². The summed E-state index contributed by atoms with van der Waals surface area (Å²) in [6, 6.07) is 13.1. The van der Waals surface area contributed by atoms with Gasteiger partial charge in [-0.1, -0.05) is 18.7 Å². The Morgan fingerprint density at radius 1 is 1.07 bits per heavy atom. The molecule has 11 nitrogen and oxygen atoms in total. The monoisotopic (exact) mass is 584 g/mol. The first-order valence-electron chi connectivity index (χ1n) is 14.3. The van der Waals surface area contributed by atoms with Gasteiger partial charge in [0.1, 0.15) is 23.5 Å². The van der Waals surface area contributed by atoms with Gasteiger partial charge in [-0.2, -0.15) is 0 Å². The van der Waals surface area contributed by atoms with Crippen molar-refractivity contribution in [2.24, 2.45) is 0 Å². The molecule has 1 aromatic carbocycles. The summed E-state index contributed by atoms with van der Waals surface area (Å²) in [6.45, 7) is 8.01. The number of anilines is 2. The summed E-state index contributed by atoms with van der Waals surface area (Å²) in [6.07, 6.45) is 4.85. The zero-order valence-corrected chi connectivity index (χ0v) is 23.7. The minimum Gasteiger partial charge on any atom is -0.378 e. The number of morpholine rings is 1. The first kappa shape index (κ1) is 28.4. The van der Waals surface area contributed by atoms with E-state index in [1.165, 1.54) is 0 Å². The molecular formula is C31H33FN8O3. The average molecular weight is 585 g/mol. The quantitative estimate of drug-likeness (QED) is 0.268. The van der Waals surface area contributed by atoms with E-state index >= 15 is 0 Å². The van der Waals surface area contributed by atoms with Crippen molar-refractivity contribution < 1.29 is 18.7 Å². The lowest BCUT2D eigenvalue weighted by Crippen LogP contribution is -2.47. The third-order valence-corrected chi connectivity index (χ3v) is 7.72. The fraction of sp³-hybridized carbons (Fsp3) is 0.323. The minimum absolute atomic E-state index is 0.148. The first-order valence-corrected chi connectivity index (χ1v) is 14.3. The minimum atomic E-state index is -0.984. The number of amides is 2. The van der Waals surface area contributed by atoms with Crippen molar-refractivity contribution in [2.75, 3.05) is 49.6 Å². The molecule has 6 rings (SSSR count). The highest BCUT2D eigenvalue weighted by atomic mass is 19.1. The van der Waals surface area contributed by atoms with E-state index in [4.69, 9.17) is 4.74 Å². The van der Waals surface area contributed by atoms with Gasteiger partial charge in [0, 0.05) is 49.8 Å². The van der Waals surface area contributed by atoms with Crippen molar-refractivity contribution in [3.05, 3.63) is 78.7 Å². The number of rotatable bonds is 8. The number of aromatic nitrogens is 4. The third kappa shape index (κ3) is 6.71. The third-order valence-electron chi connectivity index (χ3n) is 7.72. The number of H-pyrrole nitrogens is 1. The number of piperidine rings is 1. The highest BCUT2D eigenvalue weighted by Crippen LogP contribution is 2.29. The van der Waals surface area contributed by atoms with E-state index in [-0.39, 0.29) is 11.9 Å². The van der Waals surface area contributed by atoms with Gasteiger partial charge in [-0.05, 0) is 60.8 Å². The summed E-state index contributed by atoms with van der Waals surface area (Å²) in [4.78, 5) is 45.7. The maximum Gasteiger partial charge on any atom is 0.279 e. The van der Waals surface area contributed by atoms with Crippen LogP contribution in [0.25, 0.3) is 22.3 Å². The van der Waals surface area contributed by atoms with Crippen LogP contribution in [-0.4, -0.2) is 82.1 Å². The molecule has 4 aromatic rings.